The van der Waals surface area contributed by atoms with Crippen molar-refractivity contribution in [3.8, 4) is 0 Å². The van der Waals surface area contributed by atoms with E-state index in [1.807, 2.05) is 0 Å². The van der Waals surface area contributed by atoms with Crippen molar-refractivity contribution in [2.75, 3.05) is 24.6 Å². The molecule has 104 valence electrons. The molecule has 1 saturated heterocycles. The molecule has 2 unspecified atom stereocenters. The molecule has 0 saturated carbocycles. The van der Waals surface area contributed by atoms with Crippen molar-refractivity contribution in [3.05, 3.63) is 0 Å². The highest BCUT2D eigenvalue weighted by Crippen LogP contribution is 2.17. The fraction of sp³-hybridized carbons (Fsp3) is 0.800. The Hall–Kier alpha value is -1.31. The number of carbonyl (C=O) groups excluding carboxylic acids is 1. The van der Waals surface area contributed by atoms with E-state index in [0.717, 1.165) is 0 Å². The predicted molar refractivity (Wildman–Crippen MR) is 65.0 cm³/mol. The summed E-state index contributed by atoms with van der Waals surface area (Å²) in [7, 11) is -2.93. The Balaban J connectivity index is 2.20. The van der Waals surface area contributed by atoms with Crippen molar-refractivity contribution in [1.29, 1.82) is 0 Å². The third-order valence-corrected chi connectivity index (χ3v) is 4.71. The zero-order valence-electron chi connectivity index (χ0n) is 10.2. The fourth-order valence-corrected chi connectivity index (χ4v) is 3.53. The normalized spacial score (nSPS) is 23.3. The highest BCUT2D eigenvalue weighted by Gasteiger charge is 2.27. The molecule has 2 atom stereocenters. The molecule has 1 aliphatic rings. The van der Waals surface area contributed by atoms with Gasteiger partial charge in [-0.25, -0.2) is 13.2 Å². The third kappa shape index (κ3) is 4.91. The van der Waals surface area contributed by atoms with Crippen LogP contribution in [0.15, 0.2) is 0 Å². The van der Waals surface area contributed by atoms with Crippen molar-refractivity contribution < 1.29 is 23.1 Å². The molecule has 1 heterocycles. The van der Waals surface area contributed by atoms with E-state index in [0.29, 0.717) is 13.0 Å². The van der Waals surface area contributed by atoms with Crippen LogP contribution in [0.5, 0.6) is 0 Å². The highest BCUT2D eigenvalue weighted by atomic mass is 32.2. The van der Waals surface area contributed by atoms with E-state index in [2.05, 4.69) is 10.6 Å². The molecule has 0 aromatic rings. The van der Waals surface area contributed by atoms with Crippen LogP contribution in [0.25, 0.3) is 0 Å². The van der Waals surface area contributed by atoms with Crippen LogP contribution in [0.1, 0.15) is 13.3 Å². The number of carbonyl (C=O) groups is 2. The van der Waals surface area contributed by atoms with Gasteiger partial charge in [0.25, 0.3) is 0 Å². The standard InChI is InChI=1S/C10H18N2O5S/c1-7(9(13)14)4-11-10(15)12-5-8-2-3-18(16,17)6-8/h7-8H,2-6H2,1H3,(H,13,14)(H2,11,12,15). The number of hydrogen-bond acceptors (Lipinski definition) is 4. The quantitative estimate of drug-likeness (QED) is 0.624. The summed E-state index contributed by atoms with van der Waals surface area (Å²) in [6.45, 7) is 1.84. The molecule has 3 N–H and O–H groups in total. The first-order valence-electron chi connectivity index (χ1n) is 5.75. The first-order valence-corrected chi connectivity index (χ1v) is 7.57. The van der Waals surface area contributed by atoms with Gasteiger partial charge in [-0.1, -0.05) is 6.92 Å². The Labute approximate surface area is 106 Å². The molecule has 0 aromatic carbocycles. The highest BCUT2D eigenvalue weighted by molar-refractivity contribution is 7.91. The van der Waals surface area contributed by atoms with Crippen molar-refractivity contribution in [1.82, 2.24) is 10.6 Å². The Kier molecular flexibility index (Phi) is 4.94. The van der Waals surface area contributed by atoms with Crippen molar-refractivity contribution in [2.45, 2.75) is 13.3 Å². The van der Waals surface area contributed by atoms with Crippen LogP contribution in [0.2, 0.25) is 0 Å². The molecular weight excluding hydrogens is 260 g/mol. The summed E-state index contributed by atoms with van der Waals surface area (Å²) in [5.74, 6) is -1.38. The number of rotatable bonds is 5. The molecule has 1 rings (SSSR count). The van der Waals surface area contributed by atoms with Crippen LogP contribution >= 0.6 is 0 Å². The molecular formula is C10H18N2O5S. The lowest BCUT2D eigenvalue weighted by atomic mass is 10.1. The number of sulfone groups is 1. The number of aliphatic carboxylic acids is 1. The summed E-state index contributed by atoms with van der Waals surface area (Å²) in [5.41, 5.74) is 0. The summed E-state index contributed by atoms with van der Waals surface area (Å²) in [6, 6.07) is -0.465. The van der Waals surface area contributed by atoms with E-state index in [-0.39, 0.29) is 24.0 Å². The van der Waals surface area contributed by atoms with Gasteiger partial charge in [-0.2, -0.15) is 0 Å². The lowest BCUT2D eigenvalue weighted by molar-refractivity contribution is -0.140. The molecule has 2 amide bonds. The van der Waals surface area contributed by atoms with E-state index in [1.54, 1.807) is 0 Å². The largest absolute Gasteiger partial charge is 0.481 e. The van der Waals surface area contributed by atoms with Crippen LogP contribution in [0, 0.1) is 11.8 Å². The van der Waals surface area contributed by atoms with Gasteiger partial charge < -0.3 is 15.7 Å². The summed E-state index contributed by atoms with van der Waals surface area (Å²) < 4.78 is 22.4. The minimum absolute atomic E-state index is 0.0438. The SMILES string of the molecule is CC(CNC(=O)NCC1CCS(=O)(=O)C1)C(=O)O. The van der Waals surface area contributed by atoms with Crippen LogP contribution in [-0.2, 0) is 14.6 Å². The minimum atomic E-state index is -2.93. The molecule has 0 bridgehead atoms. The second kappa shape index (κ2) is 6.03. The Morgan fingerprint density at radius 3 is 2.56 bits per heavy atom. The number of nitrogens with one attached hydrogen (secondary N) is 2. The van der Waals surface area contributed by atoms with Gasteiger partial charge >= 0.3 is 12.0 Å². The summed E-state index contributed by atoms with van der Waals surface area (Å²) in [4.78, 5) is 21.8. The summed E-state index contributed by atoms with van der Waals surface area (Å²) in [6.07, 6.45) is 0.564. The fourth-order valence-electron chi connectivity index (χ4n) is 1.67. The van der Waals surface area contributed by atoms with E-state index >= 15 is 0 Å². The van der Waals surface area contributed by atoms with Gasteiger partial charge in [0.2, 0.25) is 0 Å². The lowest BCUT2D eigenvalue weighted by Gasteiger charge is -2.12. The molecule has 1 fully saturated rings. The number of carboxylic acid groups (broad SMARTS) is 1. The van der Waals surface area contributed by atoms with Gasteiger partial charge in [0.1, 0.15) is 0 Å². The molecule has 0 radical (unpaired) electrons. The van der Waals surface area contributed by atoms with E-state index in [9.17, 15) is 18.0 Å². The first kappa shape index (κ1) is 14.7. The number of amides is 2. The zero-order chi connectivity index (χ0) is 13.8. The smallest absolute Gasteiger partial charge is 0.314 e. The van der Waals surface area contributed by atoms with Crippen molar-refractivity contribution >= 4 is 21.8 Å². The van der Waals surface area contributed by atoms with Crippen LogP contribution in [-0.4, -0.2) is 50.1 Å². The third-order valence-electron chi connectivity index (χ3n) is 2.87. The summed E-state index contributed by atoms with van der Waals surface area (Å²) in [5, 5.41) is 13.6. The monoisotopic (exact) mass is 278 g/mol. The van der Waals surface area contributed by atoms with Crippen LogP contribution < -0.4 is 10.6 Å². The van der Waals surface area contributed by atoms with Crippen molar-refractivity contribution in [3.63, 3.8) is 0 Å². The lowest BCUT2D eigenvalue weighted by Crippen LogP contribution is -2.41. The summed E-state index contributed by atoms with van der Waals surface area (Å²) >= 11 is 0. The maximum absolute atomic E-state index is 11.3. The number of hydrogen-bond donors (Lipinski definition) is 3. The topological polar surface area (TPSA) is 113 Å². The molecule has 0 spiro atoms. The maximum atomic E-state index is 11.3. The van der Waals surface area contributed by atoms with Gasteiger partial charge in [-0.15, -0.1) is 0 Å². The van der Waals surface area contributed by atoms with Crippen LogP contribution in [0.4, 0.5) is 4.79 Å². The molecule has 0 aliphatic carbocycles. The van der Waals surface area contributed by atoms with Gasteiger partial charge in [0, 0.05) is 13.1 Å². The molecule has 8 heteroatoms. The Bertz CT molecular complexity index is 420. The minimum Gasteiger partial charge on any atom is -0.481 e. The number of urea groups is 1. The maximum Gasteiger partial charge on any atom is 0.314 e. The average molecular weight is 278 g/mol. The van der Waals surface area contributed by atoms with Gasteiger partial charge in [0.05, 0.1) is 17.4 Å². The zero-order valence-corrected chi connectivity index (χ0v) is 11.0. The molecule has 7 nitrogen and oxygen atoms in total. The first-order chi connectivity index (χ1) is 8.30. The molecule has 18 heavy (non-hydrogen) atoms. The Morgan fingerprint density at radius 1 is 1.39 bits per heavy atom. The van der Waals surface area contributed by atoms with E-state index in [4.69, 9.17) is 5.11 Å². The second-order valence-electron chi connectivity index (χ2n) is 4.60. The van der Waals surface area contributed by atoms with Crippen LogP contribution in [0.3, 0.4) is 0 Å². The van der Waals surface area contributed by atoms with Crippen molar-refractivity contribution in [2.24, 2.45) is 11.8 Å². The van der Waals surface area contributed by atoms with Gasteiger partial charge in [-0.05, 0) is 12.3 Å². The predicted octanol–water partition coefficient (Wildman–Crippen LogP) is -0.559. The van der Waals surface area contributed by atoms with Gasteiger partial charge in [0.15, 0.2) is 9.84 Å². The molecule has 0 aromatic heterocycles. The number of carboxylic acids is 1. The van der Waals surface area contributed by atoms with Gasteiger partial charge in [-0.3, -0.25) is 4.79 Å². The average Bonchev–Trinajstić information content (AvgIpc) is 2.62. The Morgan fingerprint density at radius 2 is 2.06 bits per heavy atom. The molecule has 1 aliphatic heterocycles. The van der Waals surface area contributed by atoms with E-state index in [1.165, 1.54) is 6.92 Å². The second-order valence-corrected chi connectivity index (χ2v) is 6.83. The van der Waals surface area contributed by atoms with E-state index < -0.39 is 27.8 Å².